The first-order valence-corrected chi connectivity index (χ1v) is 9.33. The van der Waals surface area contributed by atoms with E-state index in [-0.39, 0.29) is 7.05 Å². The molecule has 0 aromatic rings. The van der Waals surface area contributed by atoms with Crippen LogP contribution in [-0.4, -0.2) is 92.3 Å². The van der Waals surface area contributed by atoms with Crippen LogP contribution < -0.4 is 0 Å². The predicted molar refractivity (Wildman–Crippen MR) is 101 cm³/mol. The molecule has 0 rings (SSSR count). The Morgan fingerprint density at radius 2 is 1.09 bits per heavy atom. The van der Waals surface area contributed by atoms with Crippen molar-refractivity contribution in [2.75, 3.05) is 60.5 Å². The predicted octanol–water partition coefficient (Wildman–Crippen LogP) is 1.62. The molecule has 2 N–H and O–H groups in total. The molecule has 0 radical (unpaired) electrons. The van der Waals surface area contributed by atoms with Crippen LogP contribution in [0.5, 0.6) is 0 Å². The first kappa shape index (κ1) is 22.9. The highest BCUT2D eigenvalue weighted by atomic mass is 16.3. The molecular formula is C17H40BN3O2. The summed E-state index contributed by atoms with van der Waals surface area (Å²) in [5, 5.41) is 18.2. The third-order valence-corrected chi connectivity index (χ3v) is 4.53. The fourth-order valence-corrected chi connectivity index (χ4v) is 2.46. The Hall–Kier alpha value is -0.135. The van der Waals surface area contributed by atoms with Gasteiger partial charge in [-0.2, -0.15) is 0 Å². The van der Waals surface area contributed by atoms with Gasteiger partial charge in [0.1, 0.15) is 0 Å². The molecule has 6 heteroatoms. The molecule has 0 aromatic heterocycles. The molecule has 0 aliphatic heterocycles. The standard InChI is InChI=1S/C17H40BN3O2/c1-18(23)21(4)16-15-20(3)14-13-19(2)12-10-8-6-5-7-9-11-17-22/h22-23H,5-17H2,1-4H3. The van der Waals surface area contributed by atoms with Crippen molar-refractivity contribution in [3.63, 3.8) is 0 Å². The maximum Gasteiger partial charge on any atom is 0.376 e. The Balaban J connectivity index is 3.43. The summed E-state index contributed by atoms with van der Waals surface area (Å²) in [6.07, 6.45) is 8.63. The van der Waals surface area contributed by atoms with E-state index in [1.165, 1.54) is 45.1 Å². The van der Waals surface area contributed by atoms with E-state index in [2.05, 4.69) is 23.9 Å². The summed E-state index contributed by atoms with van der Waals surface area (Å²) in [7, 11) is 5.94. The fraction of sp³-hybridized carbons (Fsp3) is 1.00. The van der Waals surface area contributed by atoms with Crippen LogP contribution in [0, 0.1) is 0 Å². The molecule has 0 aliphatic rings. The first-order chi connectivity index (χ1) is 11.0. The SMILES string of the molecule is CB(O)N(C)CCN(C)CCN(C)CCCCCCCCCO. The molecule has 138 valence electrons. The molecule has 0 amide bonds. The lowest BCUT2D eigenvalue weighted by Crippen LogP contribution is -2.40. The van der Waals surface area contributed by atoms with Gasteiger partial charge in [-0.05, 0) is 47.4 Å². The monoisotopic (exact) mass is 329 g/mol. The van der Waals surface area contributed by atoms with E-state index >= 15 is 0 Å². The smallest absolute Gasteiger partial charge is 0.376 e. The Bertz CT molecular complexity index is 258. The van der Waals surface area contributed by atoms with E-state index in [9.17, 15) is 5.02 Å². The van der Waals surface area contributed by atoms with E-state index < -0.39 is 0 Å². The molecule has 0 atom stereocenters. The maximum atomic E-state index is 9.44. The number of aliphatic hydroxyl groups excluding tert-OH is 1. The number of unbranched alkanes of at least 4 members (excludes halogenated alkanes) is 6. The lowest BCUT2D eigenvalue weighted by molar-refractivity contribution is 0.241. The number of hydrogen-bond acceptors (Lipinski definition) is 5. The molecule has 0 fully saturated rings. The van der Waals surface area contributed by atoms with Gasteiger partial charge in [0.2, 0.25) is 0 Å². The third-order valence-electron chi connectivity index (χ3n) is 4.53. The molecular weight excluding hydrogens is 289 g/mol. The van der Waals surface area contributed by atoms with Gasteiger partial charge >= 0.3 is 7.05 Å². The van der Waals surface area contributed by atoms with Crippen molar-refractivity contribution in [3.8, 4) is 0 Å². The second kappa shape index (κ2) is 15.4. The Labute approximate surface area is 144 Å². The molecule has 0 saturated heterocycles. The van der Waals surface area contributed by atoms with Gasteiger partial charge in [0, 0.05) is 32.8 Å². The van der Waals surface area contributed by atoms with Crippen molar-refractivity contribution in [2.45, 2.75) is 51.8 Å². The fourth-order valence-electron chi connectivity index (χ4n) is 2.46. The van der Waals surface area contributed by atoms with Crippen molar-refractivity contribution >= 4 is 7.05 Å². The third kappa shape index (κ3) is 15.1. The van der Waals surface area contributed by atoms with E-state index in [1.807, 2.05) is 11.9 Å². The average Bonchev–Trinajstić information content (AvgIpc) is 2.52. The van der Waals surface area contributed by atoms with Crippen LogP contribution in [-0.2, 0) is 0 Å². The summed E-state index contributed by atoms with van der Waals surface area (Å²) in [4.78, 5) is 6.71. The van der Waals surface area contributed by atoms with E-state index in [0.717, 1.165) is 32.6 Å². The van der Waals surface area contributed by atoms with Gasteiger partial charge in [0.25, 0.3) is 0 Å². The van der Waals surface area contributed by atoms with E-state index in [1.54, 1.807) is 6.82 Å². The topological polar surface area (TPSA) is 50.2 Å². The summed E-state index contributed by atoms with van der Waals surface area (Å²) in [5.74, 6) is 0. The molecule has 0 heterocycles. The first-order valence-electron chi connectivity index (χ1n) is 9.33. The van der Waals surface area contributed by atoms with Crippen LogP contribution in [0.1, 0.15) is 44.9 Å². The van der Waals surface area contributed by atoms with Crippen LogP contribution in [0.3, 0.4) is 0 Å². The maximum absolute atomic E-state index is 9.44. The van der Waals surface area contributed by atoms with Gasteiger partial charge < -0.3 is 24.7 Å². The van der Waals surface area contributed by atoms with Gasteiger partial charge in [-0.3, -0.25) is 0 Å². The molecule has 0 spiro atoms. The normalized spacial score (nSPS) is 11.9. The lowest BCUT2D eigenvalue weighted by atomic mass is 9.86. The Morgan fingerprint density at radius 3 is 1.61 bits per heavy atom. The molecule has 5 nitrogen and oxygen atoms in total. The van der Waals surface area contributed by atoms with Gasteiger partial charge in [0.05, 0.1) is 0 Å². The molecule has 0 bridgehead atoms. The zero-order chi connectivity index (χ0) is 17.5. The van der Waals surface area contributed by atoms with Gasteiger partial charge in [-0.1, -0.05) is 32.1 Å². The van der Waals surface area contributed by atoms with E-state index in [4.69, 9.17) is 5.11 Å². The zero-order valence-corrected chi connectivity index (χ0v) is 16.0. The van der Waals surface area contributed by atoms with Gasteiger partial charge in [-0.15, -0.1) is 0 Å². The molecule has 0 aliphatic carbocycles. The van der Waals surface area contributed by atoms with Gasteiger partial charge in [-0.25, -0.2) is 0 Å². The Kier molecular flexibility index (Phi) is 15.3. The highest BCUT2D eigenvalue weighted by Crippen LogP contribution is 2.07. The van der Waals surface area contributed by atoms with Crippen LogP contribution in [0.25, 0.3) is 0 Å². The highest BCUT2D eigenvalue weighted by Gasteiger charge is 2.11. The van der Waals surface area contributed by atoms with Crippen molar-refractivity contribution in [1.82, 2.24) is 14.6 Å². The number of hydrogen-bond donors (Lipinski definition) is 2. The Morgan fingerprint density at radius 1 is 0.652 bits per heavy atom. The number of aliphatic hydroxyl groups is 1. The number of likely N-dealkylation sites (N-methyl/N-ethyl adjacent to an activating group) is 3. The zero-order valence-electron chi connectivity index (χ0n) is 16.0. The summed E-state index contributed by atoms with van der Waals surface area (Å²) in [6, 6.07) is 0. The van der Waals surface area contributed by atoms with Crippen LogP contribution in [0.2, 0.25) is 6.82 Å². The quantitative estimate of drug-likeness (QED) is 0.333. The average molecular weight is 329 g/mol. The van der Waals surface area contributed by atoms with Gasteiger partial charge in [0.15, 0.2) is 0 Å². The van der Waals surface area contributed by atoms with Crippen LogP contribution in [0.4, 0.5) is 0 Å². The number of rotatable bonds is 16. The van der Waals surface area contributed by atoms with Crippen LogP contribution in [0.15, 0.2) is 0 Å². The lowest BCUT2D eigenvalue weighted by Gasteiger charge is -2.24. The minimum absolute atomic E-state index is 0.342. The summed E-state index contributed by atoms with van der Waals surface area (Å²) in [6.45, 7) is 7.39. The van der Waals surface area contributed by atoms with Crippen LogP contribution >= 0.6 is 0 Å². The van der Waals surface area contributed by atoms with Crippen molar-refractivity contribution in [1.29, 1.82) is 0 Å². The highest BCUT2D eigenvalue weighted by molar-refractivity contribution is 6.45. The van der Waals surface area contributed by atoms with Crippen molar-refractivity contribution in [2.24, 2.45) is 0 Å². The summed E-state index contributed by atoms with van der Waals surface area (Å²) < 4.78 is 0. The van der Waals surface area contributed by atoms with Crippen molar-refractivity contribution in [3.05, 3.63) is 0 Å². The second-order valence-corrected chi connectivity index (χ2v) is 6.92. The summed E-state index contributed by atoms with van der Waals surface area (Å²) in [5.41, 5.74) is 0. The molecule has 0 aromatic carbocycles. The largest absolute Gasteiger partial charge is 0.437 e. The number of nitrogens with zero attached hydrogens (tertiary/aromatic N) is 3. The van der Waals surface area contributed by atoms with E-state index in [0.29, 0.717) is 6.61 Å². The minimum Gasteiger partial charge on any atom is -0.437 e. The van der Waals surface area contributed by atoms with Crippen molar-refractivity contribution < 1.29 is 10.1 Å². The second-order valence-electron chi connectivity index (χ2n) is 6.92. The minimum atomic E-state index is -0.366. The molecule has 0 unspecified atom stereocenters. The summed E-state index contributed by atoms with van der Waals surface area (Å²) >= 11 is 0. The molecule has 0 saturated carbocycles. The molecule has 23 heavy (non-hydrogen) atoms.